The molecule has 0 bridgehead atoms. The van der Waals surface area contributed by atoms with Gasteiger partial charge in [-0.3, -0.25) is 4.79 Å². The number of hydrogen-bond donors (Lipinski definition) is 3. The van der Waals surface area contributed by atoms with E-state index in [0.717, 1.165) is 16.9 Å². The van der Waals surface area contributed by atoms with Crippen LogP contribution in [0.4, 0.5) is 0 Å². The maximum Gasteiger partial charge on any atom is 0.303 e. The number of aliphatic hydroxyl groups excluding tert-OH is 2. The fraction of sp³-hybridized carbons (Fsp3) is 0.423. The Hall–Kier alpha value is -2.83. The topological polar surface area (TPSA) is 96.2 Å². The molecule has 170 valence electrons. The lowest BCUT2D eigenvalue weighted by Crippen LogP contribution is -2.41. The minimum absolute atomic E-state index is 0.0358. The van der Waals surface area contributed by atoms with Crippen molar-refractivity contribution >= 4 is 5.97 Å². The lowest BCUT2D eigenvalue weighted by atomic mass is 9.86. The summed E-state index contributed by atoms with van der Waals surface area (Å²) < 4.78 is 12.1. The van der Waals surface area contributed by atoms with Crippen molar-refractivity contribution in [3.8, 4) is 11.5 Å². The summed E-state index contributed by atoms with van der Waals surface area (Å²) in [6.45, 7) is 3.65. The smallest absolute Gasteiger partial charge is 0.303 e. The van der Waals surface area contributed by atoms with Crippen molar-refractivity contribution in [1.29, 1.82) is 0 Å². The van der Waals surface area contributed by atoms with Gasteiger partial charge in [0.2, 0.25) is 0 Å². The second-order valence-corrected chi connectivity index (χ2v) is 9.14. The molecule has 4 rings (SSSR count). The molecule has 0 amide bonds. The zero-order valence-corrected chi connectivity index (χ0v) is 18.3. The fourth-order valence-electron chi connectivity index (χ4n) is 4.72. The summed E-state index contributed by atoms with van der Waals surface area (Å²) >= 11 is 0. The van der Waals surface area contributed by atoms with E-state index in [1.165, 1.54) is 0 Å². The number of carbonyl (C=O) groups is 1. The number of benzene rings is 2. The van der Waals surface area contributed by atoms with Crippen molar-refractivity contribution in [2.75, 3.05) is 0 Å². The third-order valence-electron chi connectivity index (χ3n) is 6.45. The van der Waals surface area contributed by atoms with E-state index in [0.29, 0.717) is 18.6 Å². The number of aryl methyl sites for hydroxylation is 1. The standard InChI is InChI=1S/C26H30O6/c1-26(2,32-17-8-4-3-5-9-17)22(28)13-12-18-20(27)15-21-24(18)19-10-6-7-16(25(19)31-21)11-14-23(29)30/h3-10,12-13,18,20-22,24,27-28H,11,14-15H2,1-2H3,(H,29,30)/t18-,20+,21-,22+,24-/m0/s1. The number of aliphatic hydroxyl groups is 2. The Labute approximate surface area is 188 Å². The predicted molar refractivity (Wildman–Crippen MR) is 120 cm³/mol. The zero-order chi connectivity index (χ0) is 22.9. The van der Waals surface area contributed by atoms with Gasteiger partial charge in [-0.05, 0) is 38.0 Å². The summed E-state index contributed by atoms with van der Waals surface area (Å²) in [5.74, 6) is 0.344. The highest BCUT2D eigenvalue weighted by molar-refractivity contribution is 5.67. The van der Waals surface area contributed by atoms with Crippen LogP contribution in [0.15, 0.2) is 60.7 Å². The van der Waals surface area contributed by atoms with Gasteiger partial charge in [0.05, 0.1) is 6.10 Å². The second-order valence-electron chi connectivity index (χ2n) is 9.14. The number of hydrogen-bond acceptors (Lipinski definition) is 5. The Morgan fingerprint density at radius 3 is 2.69 bits per heavy atom. The number of carboxylic acid groups (broad SMARTS) is 1. The summed E-state index contributed by atoms with van der Waals surface area (Å²) in [6.07, 6.45) is 2.90. The molecule has 1 aliphatic heterocycles. The summed E-state index contributed by atoms with van der Waals surface area (Å²) in [7, 11) is 0. The van der Waals surface area contributed by atoms with Crippen LogP contribution in [-0.4, -0.2) is 45.2 Å². The molecule has 6 nitrogen and oxygen atoms in total. The molecule has 1 saturated carbocycles. The van der Waals surface area contributed by atoms with Crippen LogP contribution in [0.2, 0.25) is 0 Å². The Kier molecular flexibility index (Phi) is 6.26. The minimum Gasteiger partial charge on any atom is -0.489 e. The molecule has 6 heteroatoms. The van der Waals surface area contributed by atoms with Crippen LogP contribution in [0.5, 0.6) is 11.5 Å². The monoisotopic (exact) mass is 438 g/mol. The molecule has 3 N–H and O–H groups in total. The third kappa shape index (κ3) is 4.52. The van der Waals surface area contributed by atoms with Gasteiger partial charge in [-0.1, -0.05) is 48.6 Å². The van der Waals surface area contributed by atoms with Gasteiger partial charge in [-0.15, -0.1) is 0 Å². The van der Waals surface area contributed by atoms with E-state index in [-0.39, 0.29) is 24.4 Å². The molecule has 1 heterocycles. The van der Waals surface area contributed by atoms with Gasteiger partial charge in [0.25, 0.3) is 0 Å². The third-order valence-corrected chi connectivity index (χ3v) is 6.45. The molecular formula is C26H30O6. The first-order chi connectivity index (χ1) is 15.3. The minimum atomic E-state index is -0.877. The van der Waals surface area contributed by atoms with Crippen LogP contribution in [0, 0.1) is 5.92 Å². The second kappa shape index (κ2) is 8.96. The molecule has 0 spiro atoms. The van der Waals surface area contributed by atoms with Crippen molar-refractivity contribution in [3.63, 3.8) is 0 Å². The van der Waals surface area contributed by atoms with Crippen molar-refractivity contribution in [2.45, 2.75) is 62.9 Å². The van der Waals surface area contributed by atoms with E-state index < -0.39 is 23.8 Å². The Balaban J connectivity index is 1.51. The molecule has 2 aromatic rings. The van der Waals surface area contributed by atoms with E-state index in [9.17, 15) is 15.0 Å². The summed E-state index contributed by atoms with van der Waals surface area (Å²) in [6, 6.07) is 15.2. The average Bonchev–Trinajstić information content (AvgIpc) is 3.25. The summed E-state index contributed by atoms with van der Waals surface area (Å²) in [4.78, 5) is 11.0. The van der Waals surface area contributed by atoms with Crippen LogP contribution in [0.3, 0.4) is 0 Å². The molecule has 32 heavy (non-hydrogen) atoms. The maximum absolute atomic E-state index is 11.0. The van der Waals surface area contributed by atoms with Crippen molar-refractivity contribution in [2.24, 2.45) is 5.92 Å². The first kappa shape index (κ1) is 22.4. The Morgan fingerprint density at radius 2 is 1.97 bits per heavy atom. The van der Waals surface area contributed by atoms with E-state index in [1.807, 2.05) is 68.5 Å². The number of ether oxygens (including phenoxy) is 2. The highest BCUT2D eigenvalue weighted by atomic mass is 16.5. The van der Waals surface area contributed by atoms with Gasteiger partial charge in [0.1, 0.15) is 29.3 Å². The van der Waals surface area contributed by atoms with Gasteiger partial charge < -0.3 is 24.8 Å². The van der Waals surface area contributed by atoms with Crippen LogP contribution >= 0.6 is 0 Å². The SMILES string of the molecule is CC(C)(Oc1ccccc1)[C@H](O)C=C[C@@H]1[C@H]2c3cccc(CCC(=O)O)c3O[C@H]2C[C@H]1O. The first-order valence-corrected chi connectivity index (χ1v) is 11.0. The highest BCUT2D eigenvalue weighted by Gasteiger charge is 2.49. The Bertz CT molecular complexity index is 983. The van der Waals surface area contributed by atoms with Gasteiger partial charge >= 0.3 is 5.97 Å². The molecule has 1 aliphatic carbocycles. The predicted octanol–water partition coefficient (Wildman–Crippen LogP) is 3.70. The van der Waals surface area contributed by atoms with Crippen LogP contribution in [0.25, 0.3) is 0 Å². The molecule has 2 aliphatic rings. The van der Waals surface area contributed by atoms with Crippen LogP contribution < -0.4 is 9.47 Å². The van der Waals surface area contributed by atoms with Crippen molar-refractivity contribution < 1.29 is 29.6 Å². The van der Waals surface area contributed by atoms with Crippen molar-refractivity contribution in [3.05, 3.63) is 71.8 Å². The van der Waals surface area contributed by atoms with E-state index in [4.69, 9.17) is 14.6 Å². The molecule has 0 radical (unpaired) electrons. The normalized spacial score (nSPS) is 25.2. The van der Waals surface area contributed by atoms with Gasteiger partial charge in [-0.25, -0.2) is 0 Å². The quantitative estimate of drug-likeness (QED) is 0.544. The van der Waals surface area contributed by atoms with Gasteiger partial charge in [0.15, 0.2) is 0 Å². The van der Waals surface area contributed by atoms with Gasteiger partial charge in [-0.2, -0.15) is 0 Å². The van der Waals surface area contributed by atoms with Crippen LogP contribution in [0.1, 0.15) is 43.7 Å². The Morgan fingerprint density at radius 1 is 1.22 bits per heavy atom. The van der Waals surface area contributed by atoms with Crippen molar-refractivity contribution in [1.82, 2.24) is 0 Å². The molecule has 0 unspecified atom stereocenters. The number of para-hydroxylation sites is 2. The molecule has 0 saturated heterocycles. The molecular weight excluding hydrogens is 408 g/mol. The van der Waals surface area contributed by atoms with E-state index in [2.05, 4.69) is 0 Å². The first-order valence-electron chi connectivity index (χ1n) is 11.0. The lowest BCUT2D eigenvalue weighted by Gasteiger charge is -2.30. The zero-order valence-electron chi connectivity index (χ0n) is 18.3. The van der Waals surface area contributed by atoms with Gasteiger partial charge in [0, 0.05) is 30.2 Å². The molecule has 0 aromatic heterocycles. The molecule has 2 aromatic carbocycles. The lowest BCUT2D eigenvalue weighted by molar-refractivity contribution is -0.136. The van der Waals surface area contributed by atoms with Crippen LogP contribution in [-0.2, 0) is 11.2 Å². The number of rotatable bonds is 8. The fourth-order valence-corrected chi connectivity index (χ4v) is 4.72. The van der Waals surface area contributed by atoms with E-state index in [1.54, 1.807) is 6.08 Å². The summed E-state index contributed by atoms with van der Waals surface area (Å²) in [5.41, 5.74) is 1.03. The summed E-state index contributed by atoms with van der Waals surface area (Å²) in [5, 5.41) is 30.5. The number of fused-ring (bicyclic) bond motifs is 3. The number of aliphatic carboxylic acids is 1. The molecule has 1 fully saturated rings. The largest absolute Gasteiger partial charge is 0.489 e. The number of carboxylic acids is 1. The molecule has 5 atom stereocenters. The van der Waals surface area contributed by atoms with E-state index >= 15 is 0 Å². The highest BCUT2D eigenvalue weighted by Crippen LogP contribution is 2.52. The maximum atomic E-state index is 11.0. The average molecular weight is 439 g/mol.